The van der Waals surface area contributed by atoms with Crippen molar-refractivity contribution >= 4 is 28.7 Å². The average molecular weight is 599 g/mol. The summed E-state index contributed by atoms with van der Waals surface area (Å²) in [6.45, 7) is 2.52. The van der Waals surface area contributed by atoms with Crippen molar-refractivity contribution in [3.8, 4) is 23.0 Å². The number of fused-ring (bicyclic) bond motifs is 3. The van der Waals surface area contributed by atoms with Crippen LogP contribution in [0.4, 0.5) is 0 Å². The first-order valence-electron chi connectivity index (χ1n) is 15.3. The number of nitrogens with zero attached hydrogens (tertiary/aromatic N) is 3. The standard InChI is InChI=1S/C34H38N4O6/c1-20-27(43-3)15-14-24-28(20)35-29(21-11-7-6-8-12-21)36-31(24)44-23-17-25-26(18-23)32(40)38(2)16-10-5-4-9-13-22-19-34(22,33(41)42)37-30(25)39/h6-9,11-15,22-23,25-26H,4-5,10,16-19H2,1-3H3,(H,37,39)(H,41,42)/b13-9+. The van der Waals surface area contributed by atoms with Gasteiger partial charge in [-0.1, -0.05) is 42.5 Å². The van der Waals surface area contributed by atoms with E-state index in [4.69, 9.17) is 19.4 Å². The van der Waals surface area contributed by atoms with E-state index in [1.807, 2.05) is 61.5 Å². The number of carboxylic acids is 1. The molecule has 3 aromatic rings. The molecule has 0 saturated heterocycles. The zero-order valence-electron chi connectivity index (χ0n) is 25.3. The molecule has 0 spiro atoms. The largest absolute Gasteiger partial charge is 0.496 e. The van der Waals surface area contributed by atoms with Gasteiger partial charge < -0.3 is 24.8 Å². The van der Waals surface area contributed by atoms with Crippen LogP contribution in [0.3, 0.4) is 0 Å². The molecule has 2 saturated carbocycles. The highest BCUT2D eigenvalue weighted by Crippen LogP contribution is 2.46. The van der Waals surface area contributed by atoms with E-state index in [-0.39, 0.29) is 18.2 Å². The lowest BCUT2D eigenvalue weighted by molar-refractivity contribution is -0.145. The quantitative estimate of drug-likeness (QED) is 0.409. The van der Waals surface area contributed by atoms with Gasteiger partial charge in [0.1, 0.15) is 17.4 Å². The molecule has 5 atom stereocenters. The molecule has 2 fully saturated rings. The van der Waals surface area contributed by atoms with Gasteiger partial charge in [-0.2, -0.15) is 4.98 Å². The number of nitrogens with one attached hydrogen (secondary N) is 1. The summed E-state index contributed by atoms with van der Waals surface area (Å²) in [4.78, 5) is 51.1. The van der Waals surface area contributed by atoms with Crippen LogP contribution in [0.15, 0.2) is 54.6 Å². The lowest BCUT2D eigenvalue weighted by atomic mass is 9.93. The highest BCUT2D eigenvalue weighted by Gasteiger charge is 2.61. The first-order chi connectivity index (χ1) is 21.2. The zero-order valence-corrected chi connectivity index (χ0v) is 25.3. The predicted molar refractivity (Wildman–Crippen MR) is 164 cm³/mol. The van der Waals surface area contributed by atoms with Crippen molar-refractivity contribution in [2.75, 3.05) is 20.7 Å². The molecule has 2 amide bonds. The van der Waals surface area contributed by atoms with Crippen molar-refractivity contribution in [2.24, 2.45) is 17.8 Å². The minimum Gasteiger partial charge on any atom is -0.496 e. The van der Waals surface area contributed by atoms with E-state index in [9.17, 15) is 19.5 Å². The summed E-state index contributed by atoms with van der Waals surface area (Å²) in [5.41, 5.74) is 1.02. The molecule has 2 aromatic carbocycles. The second kappa shape index (κ2) is 11.9. The number of rotatable bonds is 5. The first kappa shape index (κ1) is 29.6. The van der Waals surface area contributed by atoms with Crippen LogP contribution in [0.2, 0.25) is 0 Å². The lowest BCUT2D eigenvalue weighted by Gasteiger charge is -2.26. The molecule has 1 aliphatic heterocycles. The third kappa shape index (κ3) is 5.49. The Morgan fingerprint density at radius 1 is 1.07 bits per heavy atom. The van der Waals surface area contributed by atoms with Gasteiger partial charge >= 0.3 is 5.97 Å². The van der Waals surface area contributed by atoms with Crippen LogP contribution in [0.1, 0.15) is 44.1 Å². The second-order valence-electron chi connectivity index (χ2n) is 12.2. The molecule has 5 unspecified atom stereocenters. The van der Waals surface area contributed by atoms with E-state index in [1.165, 1.54) is 0 Å². The number of carbonyl (C=O) groups excluding carboxylic acids is 2. The van der Waals surface area contributed by atoms with Crippen molar-refractivity contribution in [1.82, 2.24) is 20.2 Å². The molecule has 44 heavy (non-hydrogen) atoms. The Hall–Kier alpha value is -4.47. The number of hydrogen-bond donors (Lipinski definition) is 2. The molecule has 6 rings (SSSR count). The van der Waals surface area contributed by atoms with E-state index < -0.39 is 35.4 Å². The van der Waals surface area contributed by atoms with Gasteiger partial charge in [0.15, 0.2) is 5.82 Å². The fourth-order valence-electron chi connectivity index (χ4n) is 6.66. The van der Waals surface area contributed by atoms with Crippen LogP contribution in [0.5, 0.6) is 11.6 Å². The molecular weight excluding hydrogens is 560 g/mol. The lowest BCUT2D eigenvalue weighted by Crippen LogP contribution is -2.49. The molecular formula is C34H38N4O6. The maximum atomic E-state index is 13.8. The molecule has 230 valence electrons. The minimum absolute atomic E-state index is 0.126. The fraction of sp³-hybridized carbons (Fsp3) is 0.441. The summed E-state index contributed by atoms with van der Waals surface area (Å²) in [5, 5.41) is 13.6. The van der Waals surface area contributed by atoms with Gasteiger partial charge in [0.05, 0.1) is 29.8 Å². The van der Waals surface area contributed by atoms with E-state index in [0.717, 1.165) is 30.4 Å². The number of aryl methyl sites for hydroxylation is 1. The molecule has 2 aliphatic carbocycles. The number of ether oxygens (including phenoxy) is 2. The van der Waals surface area contributed by atoms with Crippen molar-refractivity contribution in [3.63, 3.8) is 0 Å². The maximum Gasteiger partial charge on any atom is 0.330 e. The number of benzene rings is 2. The van der Waals surface area contributed by atoms with Crippen LogP contribution < -0.4 is 14.8 Å². The maximum absolute atomic E-state index is 13.8. The number of carboxylic acid groups (broad SMARTS) is 1. The number of hydrogen-bond acceptors (Lipinski definition) is 7. The predicted octanol–water partition coefficient (Wildman–Crippen LogP) is 4.55. The second-order valence-corrected chi connectivity index (χ2v) is 12.2. The summed E-state index contributed by atoms with van der Waals surface area (Å²) >= 11 is 0. The summed E-state index contributed by atoms with van der Waals surface area (Å²) < 4.78 is 12.1. The summed E-state index contributed by atoms with van der Waals surface area (Å²) in [6, 6.07) is 13.3. The van der Waals surface area contributed by atoms with Gasteiger partial charge in [-0.15, -0.1) is 0 Å². The van der Waals surface area contributed by atoms with Gasteiger partial charge in [0.25, 0.3) is 0 Å². The molecule has 3 aliphatic rings. The fourth-order valence-corrected chi connectivity index (χ4v) is 6.66. The van der Waals surface area contributed by atoms with Crippen LogP contribution in [-0.4, -0.2) is 70.1 Å². The van der Waals surface area contributed by atoms with E-state index in [1.54, 1.807) is 19.1 Å². The van der Waals surface area contributed by atoms with E-state index in [0.29, 0.717) is 47.7 Å². The highest BCUT2D eigenvalue weighted by molar-refractivity contribution is 5.94. The van der Waals surface area contributed by atoms with E-state index >= 15 is 0 Å². The van der Waals surface area contributed by atoms with Crippen LogP contribution in [0, 0.1) is 24.7 Å². The molecule has 2 heterocycles. The van der Waals surface area contributed by atoms with Crippen molar-refractivity contribution in [3.05, 3.63) is 60.2 Å². The summed E-state index contributed by atoms with van der Waals surface area (Å²) in [7, 11) is 3.38. The van der Waals surface area contributed by atoms with Gasteiger partial charge in [-0.05, 0) is 57.6 Å². The number of aliphatic carboxylic acids is 1. The molecule has 2 N–H and O–H groups in total. The van der Waals surface area contributed by atoms with Crippen LogP contribution in [-0.2, 0) is 14.4 Å². The molecule has 10 heteroatoms. The Labute approximate surface area is 256 Å². The number of methoxy groups -OCH3 is 1. The Kier molecular flexibility index (Phi) is 8.00. The number of aromatic nitrogens is 2. The zero-order chi connectivity index (χ0) is 31.0. The number of carbonyl (C=O) groups is 3. The Balaban J connectivity index is 1.34. The van der Waals surface area contributed by atoms with Crippen molar-refractivity contribution < 1.29 is 29.0 Å². The van der Waals surface area contributed by atoms with Gasteiger partial charge in [0, 0.05) is 30.6 Å². The monoisotopic (exact) mass is 598 g/mol. The first-order valence-corrected chi connectivity index (χ1v) is 15.3. The molecule has 0 bridgehead atoms. The highest BCUT2D eigenvalue weighted by atomic mass is 16.5. The smallest absolute Gasteiger partial charge is 0.330 e. The van der Waals surface area contributed by atoms with Gasteiger partial charge in [0.2, 0.25) is 17.7 Å². The molecule has 0 radical (unpaired) electrons. The Morgan fingerprint density at radius 3 is 2.59 bits per heavy atom. The molecule has 10 nitrogen and oxygen atoms in total. The Bertz CT molecular complexity index is 1620. The third-order valence-corrected chi connectivity index (χ3v) is 9.34. The SMILES string of the molecule is COc1ccc2c(OC3CC4C(=O)NC5(C(=O)O)CC5/C=C/CCCCN(C)C(=O)C4C3)nc(-c3ccccc3)nc2c1C. The van der Waals surface area contributed by atoms with Crippen LogP contribution >= 0.6 is 0 Å². The minimum atomic E-state index is -1.33. The third-order valence-electron chi connectivity index (χ3n) is 9.34. The topological polar surface area (TPSA) is 131 Å². The van der Waals surface area contributed by atoms with Gasteiger partial charge in [-0.25, -0.2) is 9.78 Å². The van der Waals surface area contributed by atoms with Gasteiger partial charge in [-0.3, -0.25) is 9.59 Å². The Morgan fingerprint density at radius 2 is 1.84 bits per heavy atom. The van der Waals surface area contributed by atoms with Crippen LogP contribution in [0.25, 0.3) is 22.3 Å². The number of amides is 2. The molecule has 1 aromatic heterocycles. The normalized spacial score (nSPS) is 27.9. The van der Waals surface area contributed by atoms with Crippen molar-refractivity contribution in [1.29, 1.82) is 0 Å². The average Bonchev–Trinajstić information content (AvgIpc) is 3.56. The summed E-state index contributed by atoms with van der Waals surface area (Å²) in [5.74, 6) is -1.69. The number of allylic oxidation sites excluding steroid dienone is 1. The van der Waals surface area contributed by atoms with E-state index in [2.05, 4.69) is 5.32 Å². The van der Waals surface area contributed by atoms with Crippen molar-refractivity contribution in [2.45, 2.75) is 57.1 Å². The summed E-state index contributed by atoms with van der Waals surface area (Å²) in [6.07, 6.45) is 6.83.